The molecule has 0 bridgehead atoms. The quantitative estimate of drug-likeness (QED) is 0.0916. The molecule has 0 N–H and O–H groups in total. The van der Waals surface area contributed by atoms with Gasteiger partial charge in [-0.3, -0.25) is 0 Å². The third-order valence-electron chi connectivity index (χ3n) is 22.3. The van der Waals surface area contributed by atoms with E-state index in [4.69, 9.17) is 4.74 Å². The highest BCUT2D eigenvalue weighted by Gasteiger charge is 2.44. The predicted octanol–water partition coefficient (Wildman–Crippen LogP) is 25.9. The Bertz CT molecular complexity index is 4910. The molecule has 0 fully saturated rings. The summed E-state index contributed by atoms with van der Waals surface area (Å²) in [7, 11) is -4.30. The zero-order chi connectivity index (χ0) is 68.3. The van der Waals surface area contributed by atoms with E-state index < -0.39 is 21.6 Å². The van der Waals surface area contributed by atoms with Crippen molar-refractivity contribution in [3.05, 3.63) is 225 Å². The summed E-state index contributed by atoms with van der Waals surface area (Å²) in [6.07, 6.45) is 0. The van der Waals surface area contributed by atoms with E-state index >= 15 is 0 Å². The summed E-state index contributed by atoms with van der Waals surface area (Å²) in [5.41, 5.74) is 20.9. The van der Waals surface area contributed by atoms with E-state index in [0.717, 1.165) is 99.1 Å². The summed E-state index contributed by atoms with van der Waals surface area (Å²) < 4.78 is 7.72. The van der Waals surface area contributed by atoms with E-state index in [-0.39, 0.29) is 10.8 Å². The average Bonchev–Trinajstić information content (AvgIpc) is 0.735. The summed E-state index contributed by atoms with van der Waals surface area (Å²) in [5.74, 6) is 25.5. The maximum Gasteiger partial charge on any atom is 0.147 e. The minimum absolute atomic E-state index is 0.199. The molecular weight excluding hydrogens is 1190 g/mol. The van der Waals surface area contributed by atoms with Gasteiger partial charge in [0, 0.05) is 38.8 Å². The van der Waals surface area contributed by atoms with Gasteiger partial charge in [-0.05, 0) is 202 Å². The van der Waals surface area contributed by atoms with E-state index in [9.17, 15) is 0 Å². The molecule has 12 aromatic rings. The van der Waals surface area contributed by atoms with Crippen molar-refractivity contribution in [2.45, 2.75) is 188 Å². The fourth-order valence-electron chi connectivity index (χ4n) is 16.9. The molecule has 0 saturated carbocycles. The van der Waals surface area contributed by atoms with Gasteiger partial charge in [0.1, 0.15) is 27.6 Å². The van der Waals surface area contributed by atoms with Gasteiger partial charge in [0.05, 0.1) is 11.1 Å². The van der Waals surface area contributed by atoms with Crippen LogP contribution in [0.3, 0.4) is 0 Å². The number of hydrogen-bond acceptors (Lipinski definition) is 1. The first-order valence-corrected chi connectivity index (χ1v) is 39.8. The van der Waals surface area contributed by atoms with Gasteiger partial charge in [0.25, 0.3) is 0 Å². The molecule has 1 aliphatic heterocycles. The summed E-state index contributed by atoms with van der Waals surface area (Å²) in [5, 5.41) is 18.4. The lowest BCUT2D eigenvalue weighted by atomic mass is 9.70. The molecule has 1 nitrogen and oxygen atoms in total. The van der Waals surface area contributed by atoms with Crippen LogP contribution in [0.2, 0.25) is 33.2 Å². The zero-order valence-corrected chi connectivity index (χ0v) is 62.5. The molecule has 0 saturated heterocycles. The van der Waals surface area contributed by atoms with Crippen LogP contribution in [0.25, 0.3) is 86.2 Å². The maximum absolute atomic E-state index is 7.72. The Hall–Kier alpha value is -8.81. The SMILES string of the molecule is CC(C)[Si](C#Cc1c2cc3ccccc3cc2c(C#Cc2cc(C(C)(C)C)cc3c2Oc2c(C#Cc4c5cc6ccccc6cc5c(C#C[Si](C(C)C)(C(C)C)C(C)C)c5cc6ccccc6cc45)cc(C(C)(C)C)cc2C3(C)C)c2cc3ccccc3cc12)(C(C)C)C(C)C. The van der Waals surface area contributed by atoms with Crippen LogP contribution in [0, 0.1) is 46.6 Å². The summed E-state index contributed by atoms with van der Waals surface area (Å²) in [4.78, 5) is 0. The predicted molar refractivity (Wildman–Crippen MR) is 423 cm³/mol. The van der Waals surface area contributed by atoms with E-state index in [1.807, 2.05) is 0 Å². The minimum Gasteiger partial charge on any atom is -0.454 e. The third-order valence-corrected chi connectivity index (χ3v) is 34.9. The third kappa shape index (κ3) is 11.1. The molecule has 480 valence electrons. The van der Waals surface area contributed by atoms with Crippen molar-refractivity contribution in [1.29, 1.82) is 0 Å². The largest absolute Gasteiger partial charge is 0.454 e. The monoisotopic (exact) mass is 1280 g/mol. The number of hydrogen-bond donors (Lipinski definition) is 0. The lowest BCUT2D eigenvalue weighted by molar-refractivity contribution is 0.412. The number of fused-ring (bicyclic) bond motifs is 10. The molecule has 1 heterocycles. The van der Waals surface area contributed by atoms with Crippen LogP contribution in [-0.4, -0.2) is 16.1 Å². The normalized spacial score (nSPS) is 13.4. The van der Waals surface area contributed by atoms with Gasteiger partial charge < -0.3 is 4.74 Å². The Kier molecular flexibility index (Phi) is 16.7. The molecule has 96 heavy (non-hydrogen) atoms. The molecule has 3 heteroatoms. The molecular formula is C93H94OSi2. The minimum atomic E-state index is -2.15. The van der Waals surface area contributed by atoms with Gasteiger partial charge in [-0.15, -0.1) is 11.1 Å². The van der Waals surface area contributed by atoms with E-state index in [0.29, 0.717) is 33.2 Å². The molecule has 0 aromatic heterocycles. The second-order valence-electron chi connectivity index (χ2n) is 32.3. The molecule has 0 amide bonds. The van der Waals surface area contributed by atoms with Crippen molar-refractivity contribution in [3.8, 4) is 58.1 Å². The lowest BCUT2D eigenvalue weighted by Crippen LogP contribution is -2.43. The molecule has 12 aromatic carbocycles. The Balaban J connectivity index is 1.08. The second-order valence-corrected chi connectivity index (χ2v) is 43.5. The highest BCUT2D eigenvalue weighted by atomic mass is 28.3. The zero-order valence-electron chi connectivity index (χ0n) is 60.5. The van der Waals surface area contributed by atoms with Gasteiger partial charge in [0.2, 0.25) is 0 Å². The van der Waals surface area contributed by atoms with Crippen molar-refractivity contribution in [2.75, 3.05) is 0 Å². The van der Waals surface area contributed by atoms with E-state index in [1.54, 1.807) is 0 Å². The Morgan fingerprint density at radius 3 is 0.729 bits per heavy atom. The van der Waals surface area contributed by atoms with Crippen molar-refractivity contribution in [3.63, 3.8) is 0 Å². The van der Waals surface area contributed by atoms with Gasteiger partial charge in [-0.25, -0.2) is 0 Å². The molecule has 1 aliphatic rings. The first-order valence-electron chi connectivity index (χ1n) is 35.3. The van der Waals surface area contributed by atoms with E-state index in [1.165, 1.54) is 54.2 Å². The van der Waals surface area contributed by atoms with Gasteiger partial charge in [0.15, 0.2) is 0 Å². The van der Waals surface area contributed by atoms with Crippen molar-refractivity contribution in [1.82, 2.24) is 0 Å². The first kappa shape index (κ1) is 65.8. The fourth-order valence-corrected chi connectivity index (χ4v) is 27.3. The van der Waals surface area contributed by atoms with Crippen molar-refractivity contribution < 1.29 is 4.74 Å². The van der Waals surface area contributed by atoms with Crippen molar-refractivity contribution >= 4 is 102 Å². The summed E-state index contributed by atoms with van der Waals surface area (Å²) in [6, 6.07) is 63.5. The molecule has 13 rings (SSSR count). The van der Waals surface area contributed by atoms with E-state index in [2.05, 4.69) is 355 Å². The van der Waals surface area contributed by atoms with Crippen LogP contribution >= 0.6 is 0 Å². The van der Waals surface area contributed by atoms with Crippen LogP contribution in [0.1, 0.15) is 194 Å². The van der Waals surface area contributed by atoms with Gasteiger partial charge >= 0.3 is 0 Å². The van der Waals surface area contributed by atoms with Crippen LogP contribution < -0.4 is 4.74 Å². The molecule has 0 radical (unpaired) electrons. The number of rotatable bonds is 6. The van der Waals surface area contributed by atoms with Crippen LogP contribution in [0.15, 0.2) is 170 Å². The average molecular weight is 1280 g/mol. The number of ether oxygens (including phenoxy) is 1. The lowest BCUT2D eigenvalue weighted by Gasteiger charge is -2.38. The first-order chi connectivity index (χ1) is 45.5. The maximum atomic E-state index is 7.72. The summed E-state index contributed by atoms with van der Waals surface area (Å²) in [6.45, 7) is 47.5. The molecule has 0 spiro atoms. The van der Waals surface area contributed by atoms with Crippen LogP contribution in [-0.2, 0) is 16.2 Å². The number of benzene rings is 12. The highest BCUT2D eigenvalue weighted by Crippen LogP contribution is 2.53. The van der Waals surface area contributed by atoms with Crippen molar-refractivity contribution in [2.24, 2.45) is 0 Å². The smallest absolute Gasteiger partial charge is 0.147 e. The second kappa shape index (κ2) is 24.4. The van der Waals surface area contributed by atoms with Crippen LogP contribution in [0.4, 0.5) is 0 Å². The summed E-state index contributed by atoms with van der Waals surface area (Å²) >= 11 is 0. The molecule has 0 atom stereocenters. The molecule has 0 aliphatic carbocycles. The van der Waals surface area contributed by atoms with Gasteiger partial charge in [-0.1, -0.05) is 283 Å². The Morgan fingerprint density at radius 2 is 0.521 bits per heavy atom. The Labute approximate surface area is 574 Å². The standard InChI is InChI=1S/C93H94OSi2/c1-57(2)95(58(3)4,59(5)6)43-41-77-83-51-67-33-25-21-29-63(67)47-79(83)75(80-48-64-30-22-26-34-68(64)52-84(77)80)39-37-71-45-73(91(13,14)15)55-87-89(71)94-90-72(46-74(92(16,17)18)56-88(90)93(87,19)20)38-40-76-81-49-65-31-23-27-35-69(65)53-85(81)78(42-44-96(60(7)8,61(9)10)62(11)12)86-54-70-36-28-24-32-66(70)50-82(76)86/h21-36,45-62H,1-20H3. The van der Waals surface area contributed by atoms with Crippen LogP contribution in [0.5, 0.6) is 11.5 Å². The Morgan fingerprint density at radius 1 is 0.302 bits per heavy atom. The fraction of sp³-hybridized carbons (Fsp3) is 0.312. The topological polar surface area (TPSA) is 9.23 Å². The molecule has 0 unspecified atom stereocenters. The highest BCUT2D eigenvalue weighted by molar-refractivity contribution is 6.91. The van der Waals surface area contributed by atoms with Gasteiger partial charge in [-0.2, -0.15) is 0 Å².